The van der Waals surface area contributed by atoms with Crippen molar-refractivity contribution < 1.29 is 4.79 Å². The van der Waals surface area contributed by atoms with E-state index in [4.69, 9.17) is 0 Å². The van der Waals surface area contributed by atoms with Gasteiger partial charge in [-0.2, -0.15) is 0 Å². The molecular weight excluding hydrogens is 310 g/mol. The van der Waals surface area contributed by atoms with Crippen molar-refractivity contribution in [3.8, 4) is 0 Å². The first kappa shape index (κ1) is 15.9. The summed E-state index contributed by atoms with van der Waals surface area (Å²) in [6.45, 7) is 2.43. The number of amides is 1. The van der Waals surface area contributed by atoms with Gasteiger partial charge in [0.2, 0.25) is 0 Å². The summed E-state index contributed by atoms with van der Waals surface area (Å²) < 4.78 is 0. The summed E-state index contributed by atoms with van der Waals surface area (Å²) in [5.74, 6) is 0.342. The third-order valence-corrected chi connectivity index (χ3v) is 5.28. The number of H-pyrrole nitrogens is 1. The van der Waals surface area contributed by atoms with Gasteiger partial charge in [0.25, 0.3) is 11.5 Å². The molecule has 5 nitrogen and oxygen atoms in total. The summed E-state index contributed by atoms with van der Waals surface area (Å²) in [4.78, 5) is 34.7. The summed E-state index contributed by atoms with van der Waals surface area (Å²) >= 11 is 1.75. The molecule has 3 rings (SSSR count). The molecule has 1 saturated heterocycles. The maximum Gasteiger partial charge on any atom is 0.263 e. The van der Waals surface area contributed by atoms with E-state index in [0.29, 0.717) is 5.82 Å². The van der Waals surface area contributed by atoms with Crippen LogP contribution in [0, 0.1) is 6.92 Å². The van der Waals surface area contributed by atoms with Crippen molar-refractivity contribution in [2.75, 3.05) is 6.54 Å². The number of nitrogens with zero attached hydrogens (tertiary/aromatic N) is 2. The molecule has 1 fully saturated rings. The molecule has 2 aromatic heterocycles. The number of aromatic nitrogens is 2. The second kappa shape index (κ2) is 7.08. The van der Waals surface area contributed by atoms with Crippen molar-refractivity contribution in [1.29, 1.82) is 0 Å². The zero-order chi connectivity index (χ0) is 16.2. The zero-order valence-corrected chi connectivity index (χ0v) is 14.1. The number of rotatable bonds is 4. The average Bonchev–Trinajstić information content (AvgIpc) is 3.06. The highest BCUT2D eigenvalue weighted by Crippen LogP contribution is 2.23. The van der Waals surface area contributed by atoms with Crippen molar-refractivity contribution in [3.05, 3.63) is 50.3 Å². The van der Waals surface area contributed by atoms with Crippen LogP contribution in [-0.2, 0) is 6.42 Å². The van der Waals surface area contributed by atoms with Gasteiger partial charge < -0.3 is 9.88 Å². The van der Waals surface area contributed by atoms with Gasteiger partial charge in [-0.3, -0.25) is 9.59 Å². The molecule has 1 amide bonds. The molecule has 0 aromatic carbocycles. The first-order valence-corrected chi connectivity index (χ1v) is 8.92. The van der Waals surface area contributed by atoms with Crippen LogP contribution in [-0.4, -0.2) is 33.4 Å². The third kappa shape index (κ3) is 3.69. The highest BCUT2D eigenvalue weighted by Gasteiger charge is 2.28. The van der Waals surface area contributed by atoms with Crippen LogP contribution in [0.3, 0.4) is 0 Å². The Morgan fingerprint density at radius 2 is 2.35 bits per heavy atom. The molecule has 122 valence electrons. The van der Waals surface area contributed by atoms with Crippen molar-refractivity contribution in [1.82, 2.24) is 14.9 Å². The quantitative estimate of drug-likeness (QED) is 0.937. The first-order valence-electron chi connectivity index (χ1n) is 8.04. The van der Waals surface area contributed by atoms with E-state index in [1.807, 2.05) is 4.90 Å². The Morgan fingerprint density at radius 3 is 3.09 bits per heavy atom. The van der Waals surface area contributed by atoms with Gasteiger partial charge in [-0.15, -0.1) is 11.3 Å². The van der Waals surface area contributed by atoms with Crippen molar-refractivity contribution in [2.45, 2.75) is 45.1 Å². The lowest BCUT2D eigenvalue weighted by molar-refractivity contribution is 0.0600. The minimum Gasteiger partial charge on any atom is -0.335 e. The molecule has 0 aliphatic carbocycles. The van der Waals surface area contributed by atoms with E-state index in [0.717, 1.165) is 38.6 Å². The van der Waals surface area contributed by atoms with Gasteiger partial charge in [-0.1, -0.05) is 6.07 Å². The fourth-order valence-electron chi connectivity index (χ4n) is 3.12. The zero-order valence-electron chi connectivity index (χ0n) is 13.2. The second-order valence-corrected chi connectivity index (χ2v) is 7.01. The van der Waals surface area contributed by atoms with Gasteiger partial charge in [-0.25, -0.2) is 4.98 Å². The van der Waals surface area contributed by atoms with Crippen molar-refractivity contribution >= 4 is 17.2 Å². The lowest BCUT2D eigenvalue weighted by atomic mass is 9.97. The molecule has 6 heteroatoms. The van der Waals surface area contributed by atoms with Gasteiger partial charge in [0.1, 0.15) is 11.4 Å². The average molecular weight is 331 g/mol. The first-order chi connectivity index (χ1) is 11.1. The number of aromatic amines is 1. The van der Waals surface area contributed by atoms with Crippen LogP contribution in [0.4, 0.5) is 0 Å². The Balaban J connectivity index is 1.74. The van der Waals surface area contributed by atoms with Crippen LogP contribution in [0.1, 0.15) is 46.7 Å². The van der Waals surface area contributed by atoms with E-state index in [-0.39, 0.29) is 23.1 Å². The van der Waals surface area contributed by atoms with E-state index in [1.165, 1.54) is 11.1 Å². The van der Waals surface area contributed by atoms with Gasteiger partial charge >= 0.3 is 0 Å². The summed E-state index contributed by atoms with van der Waals surface area (Å²) in [6, 6.07) is 4.40. The molecule has 0 bridgehead atoms. The van der Waals surface area contributed by atoms with E-state index in [2.05, 4.69) is 27.5 Å². The lowest BCUT2D eigenvalue weighted by Gasteiger charge is -2.35. The molecule has 0 radical (unpaired) electrons. The maximum atomic E-state index is 12.8. The van der Waals surface area contributed by atoms with Crippen molar-refractivity contribution in [2.24, 2.45) is 0 Å². The summed E-state index contributed by atoms with van der Waals surface area (Å²) in [5, 5.41) is 2.08. The molecule has 1 atom stereocenters. The highest BCUT2D eigenvalue weighted by atomic mass is 32.1. The third-order valence-electron chi connectivity index (χ3n) is 4.35. The summed E-state index contributed by atoms with van der Waals surface area (Å²) in [7, 11) is 0. The van der Waals surface area contributed by atoms with E-state index in [9.17, 15) is 9.59 Å². The number of likely N-dealkylation sites (tertiary alicyclic amines) is 1. The van der Waals surface area contributed by atoms with E-state index < -0.39 is 0 Å². The topological polar surface area (TPSA) is 66.1 Å². The molecular formula is C17H21N3O2S. The lowest BCUT2D eigenvalue weighted by Crippen LogP contribution is -2.45. The minimum absolute atomic E-state index is 0.152. The fourth-order valence-corrected chi connectivity index (χ4v) is 3.85. The standard InChI is InChI=1S/C17H21N3O2S/c1-12-18-11-15(16(21)19-12)17(22)20-9-3-2-5-13(20)7-8-14-6-4-10-23-14/h4,6,10-11,13H,2-3,5,7-9H2,1H3,(H,18,19,21)/t13-/m0/s1. The summed E-state index contributed by atoms with van der Waals surface area (Å²) in [5.41, 5.74) is -0.191. The molecule has 0 unspecified atom stereocenters. The normalized spacial score (nSPS) is 18.1. The number of aryl methyl sites for hydroxylation is 2. The number of hydrogen-bond donors (Lipinski definition) is 1. The predicted molar refractivity (Wildman–Crippen MR) is 90.9 cm³/mol. The van der Waals surface area contributed by atoms with Crippen LogP contribution in [0.15, 0.2) is 28.5 Å². The highest BCUT2D eigenvalue weighted by molar-refractivity contribution is 7.09. The van der Waals surface area contributed by atoms with Crippen LogP contribution in [0.2, 0.25) is 0 Å². The van der Waals surface area contributed by atoms with E-state index >= 15 is 0 Å². The molecule has 23 heavy (non-hydrogen) atoms. The number of nitrogens with one attached hydrogen (secondary N) is 1. The monoisotopic (exact) mass is 331 g/mol. The Labute approximate surface area is 139 Å². The second-order valence-electron chi connectivity index (χ2n) is 5.98. The van der Waals surface area contributed by atoms with Crippen LogP contribution in [0.5, 0.6) is 0 Å². The van der Waals surface area contributed by atoms with Crippen molar-refractivity contribution in [3.63, 3.8) is 0 Å². The maximum absolute atomic E-state index is 12.8. The molecule has 0 spiro atoms. The van der Waals surface area contributed by atoms with Gasteiger partial charge in [0, 0.05) is 23.7 Å². The Morgan fingerprint density at radius 1 is 1.48 bits per heavy atom. The number of thiophene rings is 1. The molecule has 1 aliphatic heterocycles. The number of carbonyl (C=O) groups is 1. The van der Waals surface area contributed by atoms with E-state index in [1.54, 1.807) is 18.3 Å². The van der Waals surface area contributed by atoms with Crippen LogP contribution in [0.25, 0.3) is 0 Å². The minimum atomic E-state index is -0.343. The van der Waals surface area contributed by atoms with Crippen LogP contribution >= 0.6 is 11.3 Å². The predicted octanol–water partition coefficient (Wildman–Crippen LogP) is 2.77. The number of carbonyl (C=O) groups excluding carboxylic acids is 1. The van der Waals surface area contributed by atoms with Gasteiger partial charge in [-0.05, 0) is 50.5 Å². The Hall–Kier alpha value is -1.95. The Kier molecular flexibility index (Phi) is 4.91. The number of hydrogen-bond acceptors (Lipinski definition) is 4. The fraction of sp³-hybridized carbons (Fsp3) is 0.471. The number of piperidine rings is 1. The Bertz CT molecular complexity index is 724. The smallest absolute Gasteiger partial charge is 0.263 e. The summed E-state index contributed by atoms with van der Waals surface area (Å²) in [6.07, 6.45) is 6.48. The molecule has 3 heterocycles. The van der Waals surface area contributed by atoms with Crippen LogP contribution < -0.4 is 5.56 Å². The molecule has 1 aliphatic rings. The van der Waals surface area contributed by atoms with Gasteiger partial charge in [0.15, 0.2) is 0 Å². The van der Waals surface area contributed by atoms with Gasteiger partial charge in [0.05, 0.1) is 0 Å². The molecule has 2 aromatic rings. The molecule has 1 N–H and O–H groups in total. The largest absolute Gasteiger partial charge is 0.335 e. The molecule has 0 saturated carbocycles. The SMILES string of the molecule is Cc1ncc(C(=O)N2CCCC[C@H]2CCc2cccs2)c(=O)[nH]1.